The maximum atomic E-state index is 11.3. The van der Waals surface area contributed by atoms with Crippen LogP contribution in [0.2, 0.25) is 0 Å². The summed E-state index contributed by atoms with van der Waals surface area (Å²) in [4.78, 5) is 2.14. The molecule has 0 spiro atoms. The Morgan fingerprint density at radius 1 is 1.29 bits per heavy atom. The second kappa shape index (κ2) is 9.49. The Balaban J connectivity index is 1.56. The zero-order valence-electron chi connectivity index (χ0n) is 16.2. The molecule has 154 valence electrons. The lowest BCUT2D eigenvalue weighted by Gasteiger charge is -2.31. The Hall–Kier alpha value is -1.97. The van der Waals surface area contributed by atoms with E-state index >= 15 is 0 Å². The summed E-state index contributed by atoms with van der Waals surface area (Å²) in [7, 11) is -3.45. The Kier molecular flexibility index (Phi) is 7.03. The lowest BCUT2D eigenvalue weighted by Crippen LogP contribution is -2.38. The minimum absolute atomic E-state index is 0.0191. The standard InChI is InChI=1S/C19H28N4O4S/c1-2-3-11-26-17-8-6-16(7-9-17)19-22-21-18(27-19)13-23-10-4-5-15(12-23)14-28(20,24)25/h6-9,15H,2-5,10-14H2,1H3,(H2,20,24,25)/t15-/m0/s1. The van der Waals surface area contributed by atoms with Gasteiger partial charge in [0.25, 0.3) is 0 Å². The van der Waals surface area contributed by atoms with Crippen molar-refractivity contribution < 1.29 is 17.6 Å². The van der Waals surface area contributed by atoms with Gasteiger partial charge in [-0.25, -0.2) is 13.6 Å². The van der Waals surface area contributed by atoms with Crippen molar-refractivity contribution in [3.63, 3.8) is 0 Å². The topological polar surface area (TPSA) is 112 Å². The number of unbranched alkanes of at least 4 members (excludes halogenated alkanes) is 1. The summed E-state index contributed by atoms with van der Waals surface area (Å²) in [5.41, 5.74) is 0.840. The van der Waals surface area contributed by atoms with Gasteiger partial charge in [0.05, 0.1) is 18.9 Å². The molecule has 0 unspecified atom stereocenters. The zero-order valence-corrected chi connectivity index (χ0v) is 17.0. The van der Waals surface area contributed by atoms with E-state index in [1.54, 1.807) is 0 Å². The summed E-state index contributed by atoms with van der Waals surface area (Å²) in [5.74, 6) is 1.88. The number of nitrogens with two attached hydrogens (primary N) is 1. The number of sulfonamides is 1. The highest BCUT2D eigenvalue weighted by molar-refractivity contribution is 7.89. The number of hydrogen-bond acceptors (Lipinski definition) is 7. The van der Waals surface area contributed by atoms with Crippen molar-refractivity contribution in [1.29, 1.82) is 0 Å². The first-order valence-corrected chi connectivity index (χ1v) is 11.4. The molecule has 0 bridgehead atoms. The fourth-order valence-electron chi connectivity index (χ4n) is 3.41. The summed E-state index contributed by atoms with van der Waals surface area (Å²) in [5, 5.41) is 13.5. The van der Waals surface area contributed by atoms with Crippen LogP contribution in [0.15, 0.2) is 28.7 Å². The molecule has 28 heavy (non-hydrogen) atoms. The molecule has 2 heterocycles. The highest BCUT2D eigenvalue weighted by Crippen LogP contribution is 2.23. The summed E-state index contributed by atoms with van der Waals surface area (Å²) < 4.78 is 34.1. The van der Waals surface area contributed by atoms with Crippen molar-refractivity contribution in [2.45, 2.75) is 39.2 Å². The van der Waals surface area contributed by atoms with Crippen LogP contribution in [0.25, 0.3) is 11.5 Å². The van der Waals surface area contributed by atoms with Crippen LogP contribution in [0.4, 0.5) is 0 Å². The number of nitrogens with zero attached hydrogens (tertiary/aromatic N) is 3. The number of hydrogen-bond donors (Lipinski definition) is 1. The van der Waals surface area contributed by atoms with Crippen molar-refractivity contribution in [2.75, 3.05) is 25.4 Å². The summed E-state index contributed by atoms with van der Waals surface area (Å²) in [6, 6.07) is 7.61. The fourth-order valence-corrected chi connectivity index (χ4v) is 4.34. The van der Waals surface area contributed by atoms with Crippen LogP contribution in [-0.2, 0) is 16.6 Å². The molecule has 2 N–H and O–H groups in total. The van der Waals surface area contributed by atoms with Crippen LogP contribution < -0.4 is 9.88 Å². The van der Waals surface area contributed by atoms with E-state index in [4.69, 9.17) is 14.3 Å². The Labute approximate surface area is 166 Å². The van der Waals surface area contributed by atoms with E-state index in [1.165, 1.54) is 0 Å². The third kappa shape index (κ3) is 6.29. The molecule has 0 radical (unpaired) electrons. The predicted molar refractivity (Wildman–Crippen MR) is 106 cm³/mol. The third-order valence-electron chi connectivity index (χ3n) is 4.76. The van der Waals surface area contributed by atoms with E-state index in [0.29, 0.717) is 31.5 Å². The van der Waals surface area contributed by atoms with Gasteiger partial charge >= 0.3 is 0 Å². The van der Waals surface area contributed by atoms with E-state index < -0.39 is 10.0 Å². The normalized spacial score (nSPS) is 18.3. The Bertz CT molecular complexity index is 851. The summed E-state index contributed by atoms with van der Waals surface area (Å²) >= 11 is 0. The van der Waals surface area contributed by atoms with Crippen LogP contribution in [0, 0.1) is 5.92 Å². The highest BCUT2D eigenvalue weighted by Gasteiger charge is 2.24. The fraction of sp³-hybridized carbons (Fsp3) is 0.579. The number of aromatic nitrogens is 2. The van der Waals surface area contributed by atoms with Crippen molar-refractivity contribution >= 4 is 10.0 Å². The molecule has 1 aromatic heterocycles. The van der Waals surface area contributed by atoms with E-state index in [-0.39, 0.29) is 11.7 Å². The molecule has 0 saturated carbocycles. The van der Waals surface area contributed by atoms with E-state index in [9.17, 15) is 8.42 Å². The molecule has 0 amide bonds. The number of piperidine rings is 1. The molecule has 1 atom stereocenters. The quantitative estimate of drug-likeness (QED) is 0.634. The average molecular weight is 409 g/mol. The summed E-state index contributed by atoms with van der Waals surface area (Å²) in [6.07, 6.45) is 3.93. The van der Waals surface area contributed by atoms with Crippen molar-refractivity contribution in [1.82, 2.24) is 15.1 Å². The molecule has 1 fully saturated rings. The largest absolute Gasteiger partial charge is 0.494 e. The zero-order chi connectivity index (χ0) is 20.0. The predicted octanol–water partition coefficient (Wildman–Crippen LogP) is 2.42. The Morgan fingerprint density at radius 2 is 2.07 bits per heavy atom. The molecule has 1 aliphatic heterocycles. The number of benzene rings is 1. The van der Waals surface area contributed by atoms with Gasteiger partial charge in [0.1, 0.15) is 5.75 Å². The van der Waals surface area contributed by atoms with Crippen molar-refractivity contribution in [2.24, 2.45) is 11.1 Å². The van der Waals surface area contributed by atoms with Gasteiger partial charge in [-0.1, -0.05) is 13.3 Å². The molecule has 3 rings (SSSR count). The average Bonchev–Trinajstić information content (AvgIpc) is 3.10. The minimum atomic E-state index is -3.45. The number of rotatable bonds is 9. The molecular weight excluding hydrogens is 380 g/mol. The molecule has 1 saturated heterocycles. The van der Waals surface area contributed by atoms with Gasteiger partial charge < -0.3 is 9.15 Å². The van der Waals surface area contributed by atoms with Crippen LogP contribution >= 0.6 is 0 Å². The SMILES string of the molecule is CCCCOc1ccc(-c2nnc(CN3CCC[C@H](CS(N)(=O)=O)C3)o2)cc1. The van der Waals surface area contributed by atoms with Gasteiger partial charge in [-0.05, 0) is 56.0 Å². The lowest BCUT2D eigenvalue weighted by atomic mass is 10.0. The van der Waals surface area contributed by atoms with Gasteiger partial charge in [0.2, 0.25) is 21.8 Å². The van der Waals surface area contributed by atoms with E-state index in [1.807, 2.05) is 24.3 Å². The van der Waals surface area contributed by atoms with Crippen LogP contribution in [-0.4, -0.2) is 49.0 Å². The molecule has 1 aromatic carbocycles. The van der Waals surface area contributed by atoms with Crippen molar-refractivity contribution in [3.8, 4) is 17.2 Å². The molecule has 8 nitrogen and oxygen atoms in total. The number of likely N-dealkylation sites (tertiary alicyclic amines) is 1. The minimum Gasteiger partial charge on any atom is -0.494 e. The summed E-state index contributed by atoms with van der Waals surface area (Å²) in [6.45, 7) is 4.89. The lowest BCUT2D eigenvalue weighted by molar-refractivity contribution is 0.164. The molecular formula is C19H28N4O4S. The third-order valence-corrected chi connectivity index (χ3v) is 5.70. The molecule has 0 aliphatic carbocycles. The first-order valence-electron chi connectivity index (χ1n) is 9.71. The van der Waals surface area contributed by atoms with Crippen molar-refractivity contribution in [3.05, 3.63) is 30.2 Å². The second-order valence-electron chi connectivity index (χ2n) is 7.30. The van der Waals surface area contributed by atoms with Crippen LogP contribution in [0.3, 0.4) is 0 Å². The first kappa shape index (κ1) is 20.8. The smallest absolute Gasteiger partial charge is 0.247 e. The Morgan fingerprint density at radius 3 is 2.79 bits per heavy atom. The number of primary sulfonamides is 1. The van der Waals surface area contributed by atoms with Gasteiger partial charge in [-0.3, -0.25) is 4.90 Å². The first-order chi connectivity index (χ1) is 13.4. The number of ether oxygens (including phenoxy) is 1. The van der Waals surface area contributed by atoms with Gasteiger partial charge in [0, 0.05) is 12.1 Å². The maximum Gasteiger partial charge on any atom is 0.247 e. The van der Waals surface area contributed by atoms with Gasteiger partial charge in [-0.15, -0.1) is 10.2 Å². The van der Waals surface area contributed by atoms with Gasteiger partial charge in [0.15, 0.2) is 0 Å². The molecule has 1 aliphatic rings. The van der Waals surface area contributed by atoms with E-state index in [0.717, 1.165) is 43.5 Å². The molecule has 9 heteroatoms. The monoisotopic (exact) mass is 408 g/mol. The second-order valence-corrected chi connectivity index (χ2v) is 8.96. The van der Waals surface area contributed by atoms with E-state index in [2.05, 4.69) is 22.0 Å². The van der Waals surface area contributed by atoms with Crippen LogP contribution in [0.1, 0.15) is 38.5 Å². The highest BCUT2D eigenvalue weighted by atomic mass is 32.2. The van der Waals surface area contributed by atoms with Gasteiger partial charge in [-0.2, -0.15) is 0 Å². The van der Waals surface area contributed by atoms with Crippen LogP contribution in [0.5, 0.6) is 5.75 Å². The maximum absolute atomic E-state index is 11.3. The molecule has 2 aromatic rings.